The van der Waals surface area contributed by atoms with E-state index in [2.05, 4.69) is 4.90 Å². The third-order valence-corrected chi connectivity index (χ3v) is 5.31. The molecular weight excluding hydrogens is 278 g/mol. The number of rotatable bonds is 2. The molecule has 2 saturated heterocycles. The van der Waals surface area contributed by atoms with Gasteiger partial charge >= 0.3 is 0 Å². The first-order valence-electron chi connectivity index (χ1n) is 6.75. The summed E-state index contributed by atoms with van der Waals surface area (Å²) in [5.41, 5.74) is 6.95. The van der Waals surface area contributed by atoms with Gasteiger partial charge in [0.25, 0.3) is 0 Å². The topological polar surface area (TPSA) is 110 Å². The zero-order valence-corrected chi connectivity index (χ0v) is 11.9. The van der Waals surface area contributed by atoms with Gasteiger partial charge in [-0.05, 0) is 37.8 Å². The maximum absolute atomic E-state index is 11.6. The average Bonchev–Trinajstić information content (AvgIpc) is 2.61. The molecule has 20 heavy (non-hydrogen) atoms. The van der Waals surface area contributed by atoms with Crippen LogP contribution < -0.4 is 15.8 Å². The summed E-state index contributed by atoms with van der Waals surface area (Å²) >= 11 is 0. The molecule has 0 amide bonds. The van der Waals surface area contributed by atoms with E-state index in [0.717, 1.165) is 18.5 Å². The predicted octanol–water partition coefficient (Wildman–Crippen LogP) is 0.408. The first kappa shape index (κ1) is 13.7. The summed E-state index contributed by atoms with van der Waals surface area (Å²) in [6, 6.07) is 5.36. The molecule has 7 heteroatoms. The molecule has 5 N–H and O–H groups in total. The molecule has 2 aliphatic rings. The SMILES string of the molecule is Nc1c(N2C3CCC2CC(O)C3)cccc1S(N)(=O)=O. The third kappa shape index (κ3) is 2.15. The van der Waals surface area contributed by atoms with Crippen molar-refractivity contribution in [3.8, 4) is 0 Å². The second kappa shape index (κ2) is 4.61. The van der Waals surface area contributed by atoms with E-state index in [0.29, 0.717) is 12.8 Å². The van der Waals surface area contributed by atoms with E-state index < -0.39 is 10.0 Å². The lowest BCUT2D eigenvalue weighted by atomic mass is 9.98. The van der Waals surface area contributed by atoms with E-state index in [4.69, 9.17) is 10.9 Å². The molecule has 0 spiro atoms. The van der Waals surface area contributed by atoms with E-state index >= 15 is 0 Å². The predicted molar refractivity (Wildman–Crippen MR) is 76.8 cm³/mol. The van der Waals surface area contributed by atoms with Crippen LogP contribution in [0.25, 0.3) is 0 Å². The standard InChI is InChI=1S/C13H19N3O3S/c14-13-11(2-1-3-12(13)20(15,18)19)16-8-4-5-9(16)7-10(17)6-8/h1-3,8-10,17H,4-7,14H2,(H2,15,18,19). The number of nitrogens with two attached hydrogens (primary N) is 2. The highest BCUT2D eigenvalue weighted by Crippen LogP contribution is 2.42. The lowest BCUT2D eigenvalue weighted by Crippen LogP contribution is -2.45. The highest BCUT2D eigenvalue weighted by atomic mass is 32.2. The number of hydrogen-bond donors (Lipinski definition) is 3. The number of nitrogens with zero attached hydrogens (tertiary/aromatic N) is 1. The van der Waals surface area contributed by atoms with Gasteiger partial charge in [0, 0.05) is 12.1 Å². The van der Waals surface area contributed by atoms with E-state index in [1.165, 1.54) is 6.07 Å². The summed E-state index contributed by atoms with van der Waals surface area (Å²) in [4.78, 5) is 2.14. The zero-order chi connectivity index (χ0) is 14.5. The van der Waals surface area contributed by atoms with Crippen molar-refractivity contribution in [1.82, 2.24) is 0 Å². The van der Waals surface area contributed by atoms with Gasteiger partial charge < -0.3 is 15.7 Å². The van der Waals surface area contributed by atoms with Gasteiger partial charge in [0.05, 0.1) is 17.5 Å². The normalized spacial score (nSPS) is 29.7. The van der Waals surface area contributed by atoms with Crippen LogP contribution in [0.15, 0.2) is 23.1 Å². The molecule has 2 heterocycles. The number of fused-ring (bicyclic) bond motifs is 2. The number of hydrogen-bond acceptors (Lipinski definition) is 5. The van der Waals surface area contributed by atoms with Crippen LogP contribution in [0.3, 0.4) is 0 Å². The molecule has 2 fully saturated rings. The van der Waals surface area contributed by atoms with Crippen LogP contribution in [0.2, 0.25) is 0 Å². The number of para-hydroxylation sites is 1. The molecule has 1 aromatic rings. The van der Waals surface area contributed by atoms with Crippen molar-refractivity contribution in [3.05, 3.63) is 18.2 Å². The zero-order valence-electron chi connectivity index (χ0n) is 11.1. The highest BCUT2D eigenvalue weighted by molar-refractivity contribution is 7.89. The van der Waals surface area contributed by atoms with Crippen molar-refractivity contribution in [3.63, 3.8) is 0 Å². The Morgan fingerprint density at radius 3 is 2.35 bits per heavy atom. The Labute approximate surface area is 118 Å². The summed E-state index contributed by atoms with van der Waals surface area (Å²) < 4.78 is 23.1. The number of aliphatic hydroxyl groups is 1. The number of anilines is 2. The Balaban J connectivity index is 2.04. The number of piperidine rings is 1. The fraction of sp³-hybridized carbons (Fsp3) is 0.538. The minimum atomic E-state index is -3.82. The molecule has 3 rings (SSSR count). The van der Waals surface area contributed by atoms with E-state index in [-0.39, 0.29) is 28.8 Å². The van der Waals surface area contributed by atoms with E-state index in [1.54, 1.807) is 6.07 Å². The average molecular weight is 297 g/mol. The lowest BCUT2D eigenvalue weighted by molar-refractivity contribution is 0.126. The minimum absolute atomic E-state index is 0.0273. The number of aliphatic hydroxyl groups excluding tert-OH is 1. The van der Waals surface area contributed by atoms with Gasteiger partial charge in [-0.15, -0.1) is 0 Å². The molecular formula is C13H19N3O3S. The molecule has 0 aliphatic carbocycles. The van der Waals surface area contributed by atoms with Gasteiger partial charge in [-0.3, -0.25) is 0 Å². The minimum Gasteiger partial charge on any atom is -0.396 e. The molecule has 1 aromatic carbocycles. The molecule has 2 aliphatic heterocycles. The van der Waals surface area contributed by atoms with Crippen molar-refractivity contribution in [2.75, 3.05) is 10.6 Å². The Morgan fingerprint density at radius 2 is 1.80 bits per heavy atom. The summed E-state index contributed by atoms with van der Waals surface area (Å²) in [5, 5.41) is 15.0. The summed E-state index contributed by atoms with van der Waals surface area (Å²) in [5.74, 6) is 0. The van der Waals surface area contributed by atoms with Gasteiger partial charge in [-0.2, -0.15) is 0 Å². The number of primary sulfonamides is 1. The van der Waals surface area contributed by atoms with Gasteiger partial charge in [-0.25, -0.2) is 13.6 Å². The van der Waals surface area contributed by atoms with Crippen LogP contribution in [-0.2, 0) is 10.0 Å². The quantitative estimate of drug-likeness (QED) is 0.685. The van der Waals surface area contributed by atoms with E-state index in [1.807, 2.05) is 6.07 Å². The maximum atomic E-state index is 11.6. The van der Waals surface area contributed by atoms with Crippen LogP contribution in [0.4, 0.5) is 11.4 Å². The number of benzene rings is 1. The van der Waals surface area contributed by atoms with Gasteiger partial charge in [0.2, 0.25) is 10.0 Å². The molecule has 2 atom stereocenters. The monoisotopic (exact) mass is 297 g/mol. The van der Waals surface area contributed by atoms with Gasteiger partial charge in [0.1, 0.15) is 4.90 Å². The van der Waals surface area contributed by atoms with Crippen LogP contribution in [0, 0.1) is 0 Å². The van der Waals surface area contributed by atoms with Crippen LogP contribution in [0.1, 0.15) is 25.7 Å². The van der Waals surface area contributed by atoms with Crippen molar-refractivity contribution in [2.45, 2.75) is 48.8 Å². The molecule has 6 nitrogen and oxygen atoms in total. The Bertz CT molecular complexity index is 618. The number of sulfonamides is 1. The largest absolute Gasteiger partial charge is 0.396 e. The number of nitrogen functional groups attached to an aromatic ring is 1. The van der Waals surface area contributed by atoms with E-state index in [9.17, 15) is 13.5 Å². The smallest absolute Gasteiger partial charge is 0.240 e. The second-order valence-electron chi connectivity index (χ2n) is 5.65. The lowest BCUT2D eigenvalue weighted by Gasteiger charge is -2.39. The molecule has 0 radical (unpaired) electrons. The van der Waals surface area contributed by atoms with Crippen LogP contribution in [-0.4, -0.2) is 31.7 Å². The van der Waals surface area contributed by atoms with Crippen LogP contribution >= 0.6 is 0 Å². The Hall–Kier alpha value is -1.31. The highest BCUT2D eigenvalue weighted by Gasteiger charge is 2.41. The molecule has 0 saturated carbocycles. The molecule has 2 bridgehead atoms. The fourth-order valence-corrected chi connectivity index (χ4v) is 4.23. The Morgan fingerprint density at radius 1 is 1.20 bits per heavy atom. The fourth-order valence-electron chi connectivity index (χ4n) is 3.55. The summed E-state index contributed by atoms with van der Waals surface area (Å²) in [6.45, 7) is 0. The maximum Gasteiger partial charge on any atom is 0.240 e. The van der Waals surface area contributed by atoms with Crippen LogP contribution in [0.5, 0.6) is 0 Å². The summed E-state index contributed by atoms with van der Waals surface area (Å²) in [7, 11) is -3.82. The second-order valence-corrected chi connectivity index (χ2v) is 7.18. The molecule has 0 aromatic heterocycles. The summed E-state index contributed by atoms with van der Waals surface area (Å²) in [6.07, 6.45) is 3.14. The van der Waals surface area contributed by atoms with Crippen molar-refractivity contribution >= 4 is 21.4 Å². The van der Waals surface area contributed by atoms with Crippen molar-refractivity contribution in [1.29, 1.82) is 0 Å². The van der Waals surface area contributed by atoms with Gasteiger partial charge in [-0.1, -0.05) is 6.07 Å². The molecule has 2 unspecified atom stereocenters. The van der Waals surface area contributed by atoms with Gasteiger partial charge in [0.15, 0.2) is 0 Å². The Kier molecular flexibility index (Phi) is 3.15. The van der Waals surface area contributed by atoms with Crippen molar-refractivity contribution < 1.29 is 13.5 Å². The first-order chi connectivity index (χ1) is 9.38. The third-order valence-electron chi connectivity index (χ3n) is 4.34. The first-order valence-corrected chi connectivity index (χ1v) is 8.30. The molecule has 110 valence electrons. The van der Waals surface area contributed by atoms with Crippen molar-refractivity contribution in [2.24, 2.45) is 5.14 Å².